The van der Waals surface area contributed by atoms with E-state index in [9.17, 15) is 14.9 Å². The second-order valence-corrected chi connectivity index (χ2v) is 5.84. The van der Waals surface area contributed by atoms with Crippen LogP contribution >= 0.6 is 11.6 Å². The van der Waals surface area contributed by atoms with Crippen LogP contribution in [-0.4, -0.2) is 40.1 Å². The van der Waals surface area contributed by atoms with E-state index in [1.165, 1.54) is 7.11 Å². The molecule has 0 aliphatic heterocycles. The Balaban J connectivity index is 2.50. The number of rotatable bonds is 5. The van der Waals surface area contributed by atoms with E-state index >= 15 is 0 Å². The lowest BCUT2D eigenvalue weighted by atomic mass is 9.93. The van der Waals surface area contributed by atoms with Crippen molar-refractivity contribution in [3.05, 3.63) is 21.6 Å². The largest absolute Gasteiger partial charge is 0.467 e. The van der Waals surface area contributed by atoms with Crippen molar-refractivity contribution in [3.63, 3.8) is 0 Å². The lowest BCUT2D eigenvalue weighted by molar-refractivity contribution is -0.384. The number of halogens is 1. The maximum Gasteiger partial charge on any atom is 0.329 e. The number of nitro groups is 1. The molecule has 1 aromatic rings. The molecule has 1 saturated carbocycles. The quantitative estimate of drug-likeness (QED) is 0.351. The maximum absolute atomic E-state index is 12.0. The summed E-state index contributed by atoms with van der Waals surface area (Å²) in [6.45, 7) is 1.65. The molecule has 9 heteroatoms. The Kier molecular flexibility index (Phi) is 5.70. The molecule has 0 radical (unpaired) electrons. The average Bonchev–Trinajstić information content (AvgIpc) is 2.55. The van der Waals surface area contributed by atoms with E-state index in [0.29, 0.717) is 0 Å². The van der Waals surface area contributed by atoms with Crippen LogP contribution in [0.3, 0.4) is 0 Å². The highest BCUT2D eigenvalue weighted by molar-refractivity contribution is 6.28. The summed E-state index contributed by atoms with van der Waals surface area (Å²) in [6.07, 6.45) is 5.86. The highest BCUT2D eigenvalue weighted by atomic mass is 35.5. The second kappa shape index (κ2) is 7.54. The molecular weight excluding hydrogens is 324 g/mol. The Bertz CT molecular complexity index is 592. The lowest BCUT2D eigenvalue weighted by Crippen LogP contribution is -2.48. The SMILES string of the molecule is COC(=O)[C@@H](C)N(c1nc(Cl)ncc1[N+](=O)[O-])C1CCCCC1. The number of carbonyl (C=O) groups excluding carboxylic acids is 1. The van der Waals surface area contributed by atoms with Crippen molar-refractivity contribution in [2.45, 2.75) is 51.1 Å². The van der Waals surface area contributed by atoms with E-state index in [1.807, 2.05) is 0 Å². The van der Waals surface area contributed by atoms with Gasteiger partial charge in [-0.05, 0) is 31.4 Å². The van der Waals surface area contributed by atoms with E-state index in [1.54, 1.807) is 11.8 Å². The third-order valence-corrected chi connectivity index (χ3v) is 4.27. The molecule has 0 unspecified atom stereocenters. The van der Waals surface area contributed by atoms with Crippen molar-refractivity contribution in [1.82, 2.24) is 9.97 Å². The van der Waals surface area contributed by atoms with Gasteiger partial charge in [0.2, 0.25) is 11.1 Å². The van der Waals surface area contributed by atoms with E-state index < -0.39 is 16.9 Å². The Morgan fingerprint density at radius 2 is 2.13 bits per heavy atom. The van der Waals surface area contributed by atoms with E-state index in [2.05, 4.69) is 9.97 Å². The molecule has 1 aliphatic rings. The van der Waals surface area contributed by atoms with Crippen LogP contribution in [0.25, 0.3) is 0 Å². The van der Waals surface area contributed by atoms with Gasteiger partial charge in [-0.15, -0.1) is 0 Å². The minimum absolute atomic E-state index is 0.0254. The van der Waals surface area contributed by atoms with Crippen molar-refractivity contribution < 1.29 is 14.5 Å². The normalized spacial score (nSPS) is 16.7. The molecule has 1 atom stereocenters. The number of nitrogens with zero attached hydrogens (tertiary/aromatic N) is 4. The third-order valence-electron chi connectivity index (χ3n) is 4.09. The van der Waals surface area contributed by atoms with Gasteiger partial charge in [0.25, 0.3) is 0 Å². The molecule has 1 heterocycles. The second-order valence-electron chi connectivity index (χ2n) is 5.50. The van der Waals surface area contributed by atoms with Gasteiger partial charge in [0.1, 0.15) is 12.2 Å². The molecule has 23 heavy (non-hydrogen) atoms. The molecule has 2 rings (SSSR count). The van der Waals surface area contributed by atoms with Crippen molar-refractivity contribution in [2.75, 3.05) is 12.0 Å². The summed E-state index contributed by atoms with van der Waals surface area (Å²) in [7, 11) is 1.29. The molecule has 0 amide bonds. The number of hydrogen-bond donors (Lipinski definition) is 0. The van der Waals surface area contributed by atoms with Gasteiger partial charge >= 0.3 is 11.7 Å². The fourth-order valence-electron chi connectivity index (χ4n) is 2.98. The lowest BCUT2D eigenvalue weighted by Gasteiger charge is -2.37. The third kappa shape index (κ3) is 3.87. The molecule has 0 aromatic carbocycles. The summed E-state index contributed by atoms with van der Waals surface area (Å²) in [5.41, 5.74) is -0.268. The van der Waals surface area contributed by atoms with E-state index in [4.69, 9.17) is 16.3 Å². The molecule has 1 fully saturated rings. The molecule has 0 spiro atoms. The maximum atomic E-state index is 12.0. The van der Waals surface area contributed by atoms with Crippen molar-refractivity contribution >= 4 is 29.1 Å². The first-order valence-corrected chi connectivity index (χ1v) is 7.86. The molecule has 126 valence electrons. The van der Waals surface area contributed by atoms with Crippen LogP contribution in [-0.2, 0) is 9.53 Å². The highest BCUT2D eigenvalue weighted by Crippen LogP contribution is 2.34. The first-order chi connectivity index (χ1) is 11.0. The van der Waals surface area contributed by atoms with E-state index in [-0.39, 0.29) is 22.8 Å². The molecule has 1 aromatic heterocycles. The molecule has 1 aliphatic carbocycles. The van der Waals surface area contributed by atoms with Gasteiger partial charge in [0.05, 0.1) is 12.0 Å². The molecular formula is C14H19ClN4O4. The van der Waals surface area contributed by atoms with Gasteiger partial charge < -0.3 is 9.64 Å². The topological polar surface area (TPSA) is 98.5 Å². The van der Waals surface area contributed by atoms with Gasteiger partial charge in [-0.2, -0.15) is 4.98 Å². The van der Waals surface area contributed by atoms with E-state index in [0.717, 1.165) is 38.3 Å². The van der Waals surface area contributed by atoms with Crippen LogP contribution in [0.15, 0.2) is 6.20 Å². The predicted molar refractivity (Wildman–Crippen MR) is 84.5 cm³/mol. The summed E-state index contributed by atoms with van der Waals surface area (Å²) in [6, 6.07) is -0.727. The first kappa shape index (κ1) is 17.4. The van der Waals surface area contributed by atoms with Gasteiger partial charge in [0, 0.05) is 6.04 Å². The zero-order valence-electron chi connectivity index (χ0n) is 13.1. The predicted octanol–water partition coefficient (Wildman–Crippen LogP) is 2.74. The fraction of sp³-hybridized carbons (Fsp3) is 0.643. The van der Waals surface area contributed by atoms with Gasteiger partial charge in [-0.1, -0.05) is 19.3 Å². The monoisotopic (exact) mass is 342 g/mol. The number of hydrogen-bond acceptors (Lipinski definition) is 7. The zero-order chi connectivity index (χ0) is 17.0. The van der Waals surface area contributed by atoms with Gasteiger partial charge in [0.15, 0.2) is 0 Å². The molecule has 8 nitrogen and oxygen atoms in total. The van der Waals surface area contributed by atoms with Crippen LogP contribution in [0.1, 0.15) is 39.0 Å². The van der Waals surface area contributed by atoms with Crippen molar-refractivity contribution in [2.24, 2.45) is 0 Å². The highest BCUT2D eigenvalue weighted by Gasteiger charge is 2.35. The van der Waals surface area contributed by atoms with Crippen LogP contribution in [0.2, 0.25) is 5.28 Å². The van der Waals surface area contributed by atoms with Crippen molar-refractivity contribution in [1.29, 1.82) is 0 Å². The summed E-state index contributed by atoms with van der Waals surface area (Å²) < 4.78 is 4.81. The average molecular weight is 343 g/mol. The van der Waals surface area contributed by atoms with Crippen LogP contribution in [0.5, 0.6) is 0 Å². The minimum Gasteiger partial charge on any atom is -0.467 e. The Labute approximate surface area is 139 Å². The number of aromatic nitrogens is 2. The van der Waals surface area contributed by atoms with Crippen LogP contribution in [0, 0.1) is 10.1 Å². The Morgan fingerprint density at radius 3 is 2.70 bits per heavy atom. The molecule has 0 saturated heterocycles. The number of carbonyl (C=O) groups is 1. The molecule has 0 bridgehead atoms. The smallest absolute Gasteiger partial charge is 0.329 e. The van der Waals surface area contributed by atoms with Crippen LogP contribution in [0.4, 0.5) is 11.5 Å². The Hall–Kier alpha value is -1.96. The summed E-state index contributed by atoms with van der Waals surface area (Å²) in [4.78, 5) is 32.2. The molecule has 0 N–H and O–H groups in total. The summed E-state index contributed by atoms with van der Waals surface area (Å²) in [5, 5.41) is 11.2. The number of esters is 1. The number of anilines is 1. The van der Waals surface area contributed by atoms with Gasteiger partial charge in [-0.3, -0.25) is 10.1 Å². The minimum atomic E-state index is -0.701. The summed E-state index contributed by atoms with van der Waals surface area (Å²) in [5.74, 6) is -0.403. The zero-order valence-corrected chi connectivity index (χ0v) is 13.8. The standard InChI is InChI=1S/C14H19ClN4O4/c1-9(13(20)23-2)18(10-6-4-3-5-7-10)12-11(19(21)22)8-16-14(15)17-12/h8-10H,3-7H2,1-2H3/t9-/m1/s1. The fourth-order valence-corrected chi connectivity index (χ4v) is 3.11. The van der Waals surface area contributed by atoms with Crippen molar-refractivity contribution in [3.8, 4) is 0 Å². The number of methoxy groups -OCH3 is 1. The number of ether oxygens (including phenoxy) is 1. The van der Waals surface area contributed by atoms with Gasteiger partial charge in [-0.25, -0.2) is 9.78 Å². The Morgan fingerprint density at radius 1 is 1.48 bits per heavy atom. The summed E-state index contributed by atoms with van der Waals surface area (Å²) >= 11 is 5.83. The van der Waals surface area contributed by atoms with Crippen LogP contribution < -0.4 is 4.90 Å². The first-order valence-electron chi connectivity index (χ1n) is 7.48.